The Bertz CT molecular complexity index is 936. The predicted molar refractivity (Wildman–Crippen MR) is 135 cm³/mol. The Labute approximate surface area is 209 Å². The molecule has 1 fully saturated rings. The molecule has 192 valence electrons. The molecule has 0 amide bonds. The van der Waals surface area contributed by atoms with Crippen LogP contribution in [0.4, 0.5) is 0 Å². The van der Waals surface area contributed by atoms with Crippen LogP contribution in [0.25, 0.3) is 0 Å². The fourth-order valence-corrected chi connectivity index (χ4v) is 5.44. The van der Waals surface area contributed by atoms with Crippen LogP contribution in [-0.2, 0) is 30.3 Å². The fourth-order valence-electron chi connectivity index (χ4n) is 5.44. The molecule has 0 spiro atoms. The molecule has 1 heterocycles. The number of fused-ring (bicyclic) bond motifs is 1. The normalized spacial score (nSPS) is 26.0. The zero-order valence-electron chi connectivity index (χ0n) is 21.7. The molecule has 1 saturated heterocycles. The molecule has 0 saturated carbocycles. The summed E-state index contributed by atoms with van der Waals surface area (Å²) in [4.78, 5) is 43.0. The Balaban J connectivity index is 2.13. The molecule has 1 aliphatic carbocycles. The third-order valence-corrected chi connectivity index (χ3v) is 6.84. The molecule has 1 aromatic rings. The number of carbonyl (C=O) groups is 3. The average Bonchev–Trinajstić information content (AvgIpc) is 3.14. The van der Waals surface area contributed by atoms with E-state index in [1.807, 2.05) is 36.4 Å². The van der Waals surface area contributed by atoms with Gasteiger partial charge in [-0.1, -0.05) is 42.5 Å². The van der Waals surface area contributed by atoms with Crippen LogP contribution >= 0.6 is 0 Å². The van der Waals surface area contributed by atoms with Crippen molar-refractivity contribution in [2.24, 2.45) is 11.7 Å². The Morgan fingerprint density at radius 3 is 2.49 bits per heavy atom. The van der Waals surface area contributed by atoms with Gasteiger partial charge in [-0.25, -0.2) is 4.79 Å². The lowest BCUT2D eigenvalue weighted by atomic mass is 9.81. The lowest BCUT2D eigenvalue weighted by molar-refractivity contribution is -0.176. The van der Waals surface area contributed by atoms with E-state index in [0.717, 1.165) is 18.4 Å². The molecule has 0 aromatic heterocycles. The molecule has 1 aromatic carbocycles. The first kappa shape index (κ1) is 27.1. The Hall–Kier alpha value is -2.51. The van der Waals surface area contributed by atoms with Crippen LogP contribution in [0.5, 0.6) is 0 Å². The number of hydrogen-bond acceptors (Lipinski definition) is 7. The number of Topliss-reactive ketones (excluding diaryl/α,β-unsaturated/α-hetero) is 1. The smallest absolute Gasteiger partial charge is 0.334 e. The minimum absolute atomic E-state index is 0.0314. The van der Waals surface area contributed by atoms with Gasteiger partial charge in [0.1, 0.15) is 11.6 Å². The molecular formula is C28H40N2O5. The number of aryl methyl sites for hydroxylation is 1. The van der Waals surface area contributed by atoms with Gasteiger partial charge in [-0.05, 0) is 78.2 Å². The Kier molecular flexibility index (Phi) is 8.54. The minimum atomic E-state index is -1.65. The molecule has 2 aliphatic rings. The van der Waals surface area contributed by atoms with E-state index in [0.29, 0.717) is 12.8 Å². The van der Waals surface area contributed by atoms with Crippen molar-refractivity contribution >= 4 is 17.7 Å². The lowest BCUT2D eigenvalue weighted by Gasteiger charge is -2.43. The second-order valence-electron chi connectivity index (χ2n) is 10.7. The van der Waals surface area contributed by atoms with Crippen molar-refractivity contribution in [3.63, 3.8) is 0 Å². The van der Waals surface area contributed by atoms with Gasteiger partial charge in [0.15, 0.2) is 11.3 Å². The lowest BCUT2D eigenvalue weighted by Crippen LogP contribution is -2.67. The number of esters is 2. The molecule has 7 heteroatoms. The van der Waals surface area contributed by atoms with Crippen molar-refractivity contribution in [2.75, 3.05) is 6.61 Å². The maximum atomic E-state index is 13.9. The molecule has 0 bridgehead atoms. The van der Waals surface area contributed by atoms with Crippen LogP contribution in [0, 0.1) is 5.92 Å². The van der Waals surface area contributed by atoms with Crippen molar-refractivity contribution in [1.82, 2.24) is 4.90 Å². The third kappa shape index (κ3) is 5.84. The molecule has 5 atom stereocenters. The second kappa shape index (κ2) is 11.0. The highest BCUT2D eigenvalue weighted by Gasteiger charge is 2.64. The number of benzene rings is 1. The monoisotopic (exact) mass is 484 g/mol. The zero-order chi connectivity index (χ0) is 25.8. The molecule has 3 rings (SSSR count). The van der Waals surface area contributed by atoms with Crippen molar-refractivity contribution in [1.29, 1.82) is 0 Å². The Morgan fingerprint density at radius 1 is 1.20 bits per heavy atom. The minimum Gasteiger partial charge on any atom is -0.465 e. The largest absolute Gasteiger partial charge is 0.465 e. The number of ether oxygens (including phenoxy) is 2. The zero-order valence-corrected chi connectivity index (χ0v) is 21.7. The number of carbonyl (C=O) groups excluding carboxylic acids is 3. The van der Waals surface area contributed by atoms with Gasteiger partial charge in [0.2, 0.25) is 0 Å². The van der Waals surface area contributed by atoms with E-state index in [9.17, 15) is 14.4 Å². The first-order valence-corrected chi connectivity index (χ1v) is 12.7. The van der Waals surface area contributed by atoms with Gasteiger partial charge in [-0.3, -0.25) is 14.5 Å². The van der Waals surface area contributed by atoms with Crippen LogP contribution in [-0.4, -0.2) is 58.5 Å². The number of hydrogen-bond donors (Lipinski definition) is 1. The van der Waals surface area contributed by atoms with Crippen LogP contribution < -0.4 is 5.73 Å². The molecule has 7 nitrogen and oxygen atoms in total. The summed E-state index contributed by atoms with van der Waals surface area (Å²) in [5.74, 6) is -1.45. The Morgan fingerprint density at radius 2 is 1.89 bits per heavy atom. The molecule has 1 unspecified atom stereocenters. The maximum Gasteiger partial charge on any atom is 0.334 e. The van der Waals surface area contributed by atoms with Gasteiger partial charge in [0.25, 0.3) is 0 Å². The third-order valence-electron chi connectivity index (χ3n) is 6.84. The van der Waals surface area contributed by atoms with Crippen molar-refractivity contribution in [3.8, 4) is 0 Å². The maximum absolute atomic E-state index is 13.9. The summed E-state index contributed by atoms with van der Waals surface area (Å²) in [5.41, 5.74) is 4.75. The van der Waals surface area contributed by atoms with E-state index in [4.69, 9.17) is 15.2 Å². The molecule has 35 heavy (non-hydrogen) atoms. The first-order valence-electron chi connectivity index (χ1n) is 12.7. The highest BCUT2D eigenvalue weighted by molar-refractivity contribution is 6.11. The number of rotatable bonds is 9. The number of likely N-dealkylation sites (tertiary alicyclic amines) is 1. The number of ketones is 1. The van der Waals surface area contributed by atoms with E-state index < -0.39 is 40.9 Å². The fraction of sp³-hybridized carbons (Fsp3) is 0.607. The van der Waals surface area contributed by atoms with E-state index in [1.165, 1.54) is 0 Å². The van der Waals surface area contributed by atoms with Gasteiger partial charge < -0.3 is 15.2 Å². The first-order chi connectivity index (χ1) is 16.5. The SMILES string of the molecule is CCOC(=O)[C@H](CCc1ccccc1)N1[C@@H]2C=CCC[C@@H]2C[C@@]1(C(=O)OC(C)(C)C)C(=O)C(C)N. The summed E-state index contributed by atoms with van der Waals surface area (Å²) in [6.45, 7) is 8.89. The quantitative estimate of drug-likeness (QED) is 0.325. The molecule has 1 aliphatic heterocycles. The summed E-state index contributed by atoms with van der Waals surface area (Å²) < 4.78 is 11.4. The standard InChI is InChI=1S/C28H40N2O5/c1-6-34-25(32)23(17-16-20-12-8-7-9-13-20)30-22-15-11-10-14-21(22)18-28(30,24(31)19(2)29)26(33)35-27(3,4)5/h7-9,11-13,15,19,21-23H,6,10,14,16-18,29H2,1-5H3/t19?,21-,22-,23+,28+/m1/s1. The highest BCUT2D eigenvalue weighted by atomic mass is 16.6. The molecule has 2 N–H and O–H groups in total. The van der Waals surface area contributed by atoms with Gasteiger partial charge in [-0.2, -0.15) is 0 Å². The van der Waals surface area contributed by atoms with Crippen LogP contribution in [0.3, 0.4) is 0 Å². The summed E-state index contributed by atoms with van der Waals surface area (Å²) in [6.07, 6.45) is 7.05. The topological polar surface area (TPSA) is 98.9 Å². The number of allylic oxidation sites excluding steroid dienone is 1. The van der Waals surface area contributed by atoms with E-state index in [1.54, 1.807) is 39.5 Å². The molecule has 0 radical (unpaired) electrons. The van der Waals surface area contributed by atoms with E-state index in [2.05, 4.69) is 6.08 Å². The summed E-state index contributed by atoms with van der Waals surface area (Å²) in [5, 5.41) is 0. The van der Waals surface area contributed by atoms with Crippen molar-refractivity contribution in [3.05, 3.63) is 48.0 Å². The summed E-state index contributed by atoms with van der Waals surface area (Å²) in [7, 11) is 0. The van der Waals surface area contributed by atoms with Crippen LogP contribution in [0.2, 0.25) is 0 Å². The van der Waals surface area contributed by atoms with E-state index >= 15 is 0 Å². The highest BCUT2D eigenvalue weighted by Crippen LogP contribution is 2.47. The summed E-state index contributed by atoms with van der Waals surface area (Å²) in [6, 6.07) is 7.90. The van der Waals surface area contributed by atoms with E-state index in [-0.39, 0.29) is 25.0 Å². The van der Waals surface area contributed by atoms with Gasteiger partial charge in [-0.15, -0.1) is 0 Å². The summed E-state index contributed by atoms with van der Waals surface area (Å²) >= 11 is 0. The van der Waals surface area contributed by atoms with Gasteiger partial charge in [0, 0.05) is 6.04 Å². The number of nitrogens with zero attached hydrogens (tertiary/aromatic N) is 1. The van der Waals surface area contributed by atoms with Gasteiger partial charge in [0.05, 0.1) is 12.6 Å². The van der Waals surface area contributed by atoms with Crippen molar-refractivity contribution in [2.45, 2.75) is 96.0 Å². The average molecular weight is 485 g/mol. The van der Waals surface area contributed by atoms with Crippen LogP contribution in [0.1, 0.15) is 65.9 Å². The van der Waals surface area contributed by atoms with Gasteiger partial charge >= 0.3 is 11.9 Å². The number of nitrogens with two attached hydrogens (primary N) is 1. The second-order valence-corrected chi connectivity index (χ2v) is 10.7. The molecular weight excluding hydrogens is 444 g/mol. The van der Waals surface area contributed by atoms with Crippen LogP contribution in [0.15, 0.2) is 42.5 Å². The predicted octanol–water partition coefficient (Wildman–Crippen LogP) is 3.59. The van der Waals surface area contributed by atoms with Crippen molar-refractivity contribution < 1.29 is 23.9 Å².